The first-order valence-corrected chi connectivity index (χ1v) is 8.90. The second kappa shape index (κ2) is 7.65. The van der Waals surface area contributed by atoms with Crippen LogP contribution in [-0.4, -0.2) is 24.3 Å². The topological polar surface area (TPSA) is 40.5 Å². The minimum absolute atomic E-state index is 0.318. The molecule has 0 fully saturated rings. The van der Waals surface area contributed by atoms with Crippen molar-refractivity contribution in [3.05, 3.63) is 65.4 Å². The number of para-hydroxylation sites is 1. The third kappa shape index (κ3) is 3.59. The molecule has 0 aliphatic rings. The van der Waals surface area contributed by atoms with Gasteiger partial charge in [0.2, 0.25) is 0 Å². The summed E-state index contributed by atoms with van der Waals surface area (Å²) in [4.78, 5) is 12.0. The number of hydrogen-bond donors (Lipinski definition) is 0. The van der Waals surface area contributed by atoms with Crippen LogP contribution in [0.5, 0.6) is 5.75 Å². The van der Waals surface area contributed by atoms with E-state index in [1.54, 1.807) is 0 Å². The summed E-state index contributed by atoms with van der Waals surface area (Å²) in [6.45, 7) is 7.59. The molecule has 0 amide bonds. The molecule has 0 unspecified atom stereocenters. The van der Waals surface area contributed by atoms with Gasteiger partial charge in [-0.25, -0.2) is 4.79 Å². The quantitative estimate of drug-likeness (QED) is 0.591. The summed E-state index contributed by atoms with van der Waals surface area (Å²) in [6.07, 6.45) is 1.85. The normalized spacial score (nSPS) is 11.1. The average Bonchev–Trinajstić information content (AvgIpc) is 3.00. The number of nitrogens with zero attached hydrogens (tertiary/aromatic N) is 1. The molecule has 0 bridgehead atoms. The zero-order valence-corrected chi connectivity index (χ0v) is 15.8. The van der Waals surface area contributed by atoms with Crippen molar-refractivity contribution in [3.8, 4) is 5.75 Å². The van der Waals surface area contributed by atoms with Gasteiger partial charge in [0.1, 0.15) is 12.4 Å². The molecule has 0 aliphatic heterocycles. The second-order valence-electron chi connectivity index (χ2n) is 6.79. The summed E-state index contributed by atoms with van der Waals surface area (Å²) >= 11 is 0. The van der Waals surface area contributed by atoms with Gasteiger partial charge in [-0.15, -0.1) is 0 Å². The highest BCUT2D eigenvalue weighted by atomic mass is 16.5. The lowest BCUT2D eigenvalue weighted by Gasteiger charge is -2.15. The summed E-state index contributed by atoms with van der Waals surface area (Å²) in [5, 5.41) is 0.901. The van der Waals surface area contributed by atoms with Crippen LogP contribution in [0.4, 0.5) is 0 Å². The van der Waals surface area contributed by atoms with E-state index < -0.39 is 0 Å². The Balaban J connectivity index is 1.81. The number of aryl methyl sites for hydroxylation is 1. The van der Waals surface area contributed by atoms with Crippen molar-refractivity contribution < 1.29 is 14.3 Å². The summed E-state index contributed by atoms with van der Waals surface area (Å²) in [5.41, 5.74) is 3.98. The largest absolute Gasteiger partial charge is 0.491 e. The maximum atomic E-state index is 12.0. The van der Waals surface area contributed by atoms with Crippen molar-refractivity contribution in [1.29, 1.82) is 0 Å². The molecule has 136 valence electrons. The average molecular weight is 351 g/mol. The Morgan fingerprint density at radius 3 is 2.65 bits per heavy atom. The van der Waals surface area contributed by atoms with E-state index >= 15 is 0 Å². The van der Waals surface area contributed by atoms with Gasteiger partial charge in [-0.2, -0.15) is 0 Å². The van der Waals surface area contributed by atoms with Crippen molar-refractivity contribution in [1.82, 2.24) is 4.57 Å². The summed E-state index contributed by atoms with van der Waals surface area (Å²) in [7, 11) is 1.41. The van der Waals surface area contributed by atoms with Crippen LogP contribution < -0.4 is 4.74 Å². The van der Waals surface area contributed by atoms with Crippen LogP contribution in [-0.2, 0) is 11.3 Å². The molecule has 0 saturated heterocycles. The SMILES string of the molecule is COC(=O)c1cn(CCOc2cc(C)ccc2C(C)C)c2ccccc12. The molecule has 1 aromatic heterocycles. The number of carbonyl (C=O) groups is 1. The molecule has 4 heteroatoms. The van der Waals surface area contributed by atoms with Gasteiger partial charge < -0.3 is 14.0 Å². The molecule has 0 spiro atoms. The third-order valence-electron chi connectivity index (χ3n) is 4.57. The fourth-order valence-corrected chi connectivity index (χ4v) is 3.20. The predicted octanol–water partition coefficient (Wildman–Crippen LogP) is 4.94. The Bertz CT molecular complexity index is 924. The van der Waals surface area contributed by atoms with Gasteiger partial charge in [0, 0.05) is 17.1 Å². The highest BCUT2D eigenvalue weighted by Gasteiger charge is 2.15. The number of esters is 1. The number of hydrogen-bond acceptors (Lipinski definition) is 3. The zero-order chi connectivity index (χ0) is 18.7. The highest BCUT2D eigenvalue weighted by molar-refractivity contribution is 6.04. The van der Waals surface area contributed by atoms with E-state index in [0.29, 0.717) is 24.6 Å². The van der Waals surface area contributed by atoms with Gasteiger partial charge in [-0.3, -0.25) is 0 Å². The van der Waals surface area contributed by atoms with Crippen LogP contribution in [0.3, 0.4) is 0 Å². The Labute approximate surface area is 154 Å². The van der Waals surface area contributed by atoms with Gasteiger partial charge in [0.25, 0.3) is 0 Å². The van der Waals surface area contributed by atoms with Crippen molar-refractivity contribution in [2.45, 2.75) is 33.2 Å². The van der Waals surface area contributed by atoms with Gasteiger partial charge in [-0.1, -0.05) is 44.2 Å². The summed E-state index contributed by atoms with van der Waals surface area (Å²) < 4.78 is 13.0. The first-order chi connectivity index (χ1) is 12.5. The minimum atomic E-state index is -0.318. The van der Waals surface area contributed by atoms with Crippen molar-refractivity contribution in [2.24, 2.45) is 0 Å². The molecule has 0 saturated carbocycles. The fraction of sp³-hybridized carbons (Fsp3) is 0.318. The van der Waals surface area contributed by atoms with Crippen LogP contribution in [0, 0.1) is 6.92 Å². The Hall–Kier alpha value is -2.75. The molecular formula is C22H25NO3. The van der Waals surface area contributed by atoms with Crippen molar-refractivity contribution >= 4 is 16.9 Å². The van der Waals surface area contributed by atoms with E-state index in [0.717, 1.165) is 16.7 Å². The maximum Gasteiger partial charge on any atom is 0.340 e. The lowest BCUT2D eigenvalue weighted by atomic mass is 10.0. The van der Waals surface area contributed by atoms with Crippen LogP contribution in [0.25, 0.3) is 10.9 Å². The summed E-state index contributed by atoms with van der Waals surface area (Å²) in [5.74, 6) is 1.02. The molecule has 4 nitrogen and oxygen atoms in total. The van der Waals surface area contributed by atoms with Crippen LogP contribution in [0.15, 0.2) is 48.7 Å². The highest BCUT2D eigenvalue weighted by Crippen LogP contribution is 2.28. The van der Waals surface area contributed by atoms with E-state index in [4.69, 9.17) is 9.47 Å². The van der Waals surface area contributed by atoms with E-state index in [1.807, 2.05) is 35.0 Å². The minimum Gasteiger partial charge on any atom is -0.491 e. The lowest BCUT2D eigenvalue weighted by molar-refractivity contribution is 0.0602. The first kappa shape index (κ1) is 18.1. The van der Waals surface area contributed by atoms with E-state index in [2.05, 4.69) is 39.0 Å². The molecule has 2 aromatic carbocycles. The van der Waals surface area contributed by atoms with Gasteiger partial charge in [0.15, 0.2) is 0 Å². The number of fused-ring (bicyclic) bond motifs is 1. The van der Waals surface area contributed by atoms with Crippen molar-refractivity contribution in [3.63, 3.8) is 0 Å². The number of carbonyl (C=O) groups excluding carboxylic acids is 1. The Kier molecular flexibility index (Phi) is 5.31. The summed E-state index contributed by atoms with van der Waals surface area (Å²) in [6, 6.07) is 14.2. The zero-order valence-electron chi connectivity index (χ0n) is 15.8. The third-order valence-corrected chi connectivity index (χ3v) is 4.57. The van der Waals surface area contributed by atoms with Gasteiger partial charge >= 0.3 is 5.97 Å². The number of ether oxygens (including phenoxy) is 2. The molecule has 0 N–H and O–H groups in total. The number of methoxy groups -OCH3 is 1. The maximum absolute atomic E-state index is 12.0. The number of rotatable bonds is 6. The second-order valence-corrected chi connectivity index (χ2v) is 6.79. The smallest absolute Gasteiger partial charge is 0.340 e. The fourth-order valence-electron chi connectivity index (χ4n) is 3.20. The van der Waals surface area contributed by atoms with E-state index in [9.17, 15) is 4.79 Å². The standard InChI is InChI=1S/C22H25NO3/c1-15(2)17-10-9-16(3)13-21(17)26-12-11-23-14-19(22(24)25-4)18-7-5-6-8-20(18)23/h5-10,13-15H,11-12H2,1-4H3. The Morgan fingerprint density at radius 1 is 1.15 bits per heavy atom. The van der Waals surface area contributed by atoms with Crippen molar-refractivity contribution in [2.75, 3.05) is 13.7 Å². The van der Waals surface area contributed by atoms with Gasteiger partial charge in [-0.05, 0) is 36.1 Å². The molecule has 3 aromatic rings. The molecular weight excluding hydrogens is 326 g/mol. The predicted molar refractivity (Wildman–Crippen MR) is 104 cm³/mol. The molecule has 1 heterocycles. The Morgan fingerprint density at radius 2 is 1.92 bits per heavy atom. The molecule has 26 heavy (non-hydrogen) atoms. The van der Waals surface area contributed by atoms with Crippen LogP contribution >= 0.6 is 0 Å². The number of aromatic nitrogens is 1. The molecule has 0 atom stereocenters. The number of benzene rings is 2. The lowest BCUT2D eigenvalue weighted by Crippen LogP contribution is -2.09. The van der Waals surface area contributed by atoms with E-state index in [-0.39, 0.29) is 5.97 Å². The van der Waals surface area contributed by atoms with Crippen LogP contribution in [0.2, 0.25) is 0 Å². The molecule has 0 aliphatic carbocycles. The van der Waals surface area contributed by atoms with Crippen LogP contribution in [0.1, 0.15) is 41.3 Å². The monoisotopic (exact) mass is 351 g/mol. The molecule has 0 radical (unpaired) electrons. The van der Waals surface area contributed by atoms with E-state index in [1.165, 1.54) is 18.2 Å². The molecule has 3 rings (SSSR count). The van der Waals surface area contributed by atoms with Gasteiger partial charge in [0.05, 0.1) is 19.2 Å². The first-order valence-electron chi connectivity index (χ1n) is 8.90.